The van der Waals surface area contributed by atoms with Gasteiger partial charge in [-0.05, 0) is 69.4 Å². The highest BCUT2D eigenvalue weighted by Crippen LogP contribution is 2.26. The number of likely N-dealkylation sites (N-methyl/N-ethyl adjacent to an activating group) is 2. The van der Waals surface area contributed by atoms with Crippen LogP contribution in [0, 0.1) is 23.7 Å². The second-order valence-corrected chi connectivity index (χ2v) is 18.8. The van der Waals surface area contributed by atoms with Crippen molar-refractivity contribution in [1.82, 2.24) is 30.7 Å². The summed E-state index contributed by atoms with van der Waals surface area (Å²) in [4.78, 5) is 132. The zero-order chi connectivity index (χ0) is 50.6. The number of rotatable bonds is 28. The zero-order valence-electron chi connectivity index (χ0n) is 40.6. The van der Waals surface area contributed by atoms with E-state index in [0.717, 1.165) is 4.90 Å². The Morgan fingerprint density at radius 3 is 1.99 bits per heavy atom. The monoisotopic (exact) mass is 944 g/mol. The molecule has 374 valence electrons. The summed E-state index contributed by atoms with van der Waals surface area (Å²) in [6.45, 7) is 12.0. The van der Waals surface area contributed by atoms with Gasteiger partial charge in [0.25, 0.3) is 0 Å². The SMILES string of the molecule is CC(C)C1CC(=O)N(CC(=O)N[C@@H](CCC(=O)C[C@H](C(=O)N[C@@H](CCCNC(N)=O)C(=O)Cc2ccc(COC(=O)N(C)CCN(C)C(=O)OC(C)(C)C)cc2)C(C)C)C(=O)CCCO)C1=O. The molecule has 6 N–H and O–H groups in total. The number of hydrogen-bond donors (Lipinski definition) is 5. The number of primary amides is 1. The van der Waals surface area contributed by atoms with Crippen molar-refractivity contribution >= 4 is 59.2 Å². The van der Waals surface area contributed by atoms with Crippen LogP contribution in [-0.2, 0) is 56.1 Å². The number of ketones is 3. The molecule has 20 heteroatoms. The predicted octanol–water partition coefficient (Wildman–Crippen LogP) is 3.04. The van der Waals surface area contributed by atoms with Gasteiger partial charge in [-0.15, -0.1) is 0 Å². The number of carbonyl (C=O) groups excluding carboxylic acids is 10. The van der Waals surface area contributed by atoms with Crippen LogP contribution in [0.15, 0.2) is 24.3 Å². The average Bonchev–Trinajstić information content (AvgIpc) is 3.53. The van der Waals surface area contributed by atoms with E-state index < -0.39 is 83.7 Å². The lowest BCUT2D eigenvalue weighted by molar-refractivity contribution is -0.143. The van der Waals surface area contributed by atoms with Crippen molar-refractivity contribution in [3.63, 3.8) is 0 Å². The van der Waals surface area contributed by atoms with E-state index in [1.165, 1.54) is 9.80 Å². The van der Waals surface area contributed by atoms with Crippen LogP contribution >= 0.6 is 0 Å². The number of hydrogen-bond acceptors (Lipinski definition) is 13. The summed E-state index contributed by atoms with van der Waals surface area (Å²) in [6, 6.07) is 3.89. The molecule has 8 amide bonds. The van der Waals surface area contributed by atoms with Crippen molar-refractivity contribution in [2.45, 2.75) is 131 Å². The standard InChI is InChI=1S/C47H73N7O13/c1-29(2)34(25-33(56)18-19-37(38(57)13-11-23-55)50-40(59)27-54-41(60)26-35(30(3)4)43(54)62)42(61)51-36(12-10-20-49-44(48)63)39(58)24-31-14-16-32(17-15-31)28-66-45(64)52(8)21-22-53(9)46(65)67-47(5,6)7/h14-17,29-30,34-37,55H,10-13,18-28H2,1-9H3,(H,50,59)(H,51,61)(H3,48,49,63)/t34-,35?,36-,37-/m0/s1. The van der Waals surface area contributed by atoms with E-state index >= 15 is 0 Å². The molecule has 1 heterocycles. The Hall–Kier alpha value is -5.92. The first kappa shape index (κ1) is 57.2. The van der Waals surface area contributed by atoms with Crippen molar-refractivity contribution in [3.05, 3.63) is 35.4 Å². The highest BCUT2D eigenvalue weighted by atomic mass is 16.6. The predicted molar refractivity (Wildman–Crippen MR) is 246 cm³/mol. The third-order valence-electron chi connectivity index (χ3n) is 11.2. The smallest absolute Gasteiger partial charge is 0.410 e. The maximum atomic E-state index is 13.8. The zero-order valence-corrected chi connectivity index (χ0v) is 40.6. The Bertz CT molecular complexity index is 1900. The van der Waals surface area contributed by atoms with Crippen LogP contribution in [0.3, 0.4) is 0 Å². The largest absolute Gasteiger partial charge is 0.445 e. The van der Waals surface area contributed by atoms with E-state index in [2.05, 4.69) is 16.0 Å². The maximum Gasteiger partial charge on any atom is 0.410 e. The molecule has 67 heavy (non-hydrogen) atoms. The highest BCUT2D eigenvalue weighted by Gasteiger charge is 2.41. The molecule has 0 aromatic heterocycles. The Balaban J connectivity index is 2.07. The fourth-order valence-corrected chi connectivity index (χ4v) is 7.07. The summed E-state index contributed by atoms with van der Waals surface area (Å²) in [7, 11) is 3.11. The van der Waals surface area contributed by atoms with Crippen LogP contribution in [0.2, 0.25) is 0 Å². The summed E-state index contributed by atoms with van der Waals surface area (Å²) >= 11 is 0. The number of nitrogens with one attached hydrogen (secondary N) is 3. The van der Waals surface area contributed by atoms with Crippen molar-refractivity contribution in [1.29, 1.82) is 0 Å². The molecule has 2 rings (SSSR count). The van der Waals surface area contributed by atoms with Gasteiger partial charge in [-0.25, -0.2) is 14.4 Å². The Kier molecular flexibility index (Phi) is 23.6. The first-order chi connectivity index (χ1) is 31.3. The fourth-order valence-electron chi connectivity index (χ4n) is 7.07. The normalized spacial score (nSPS) is 15.1. The summed E-state index contributed by atoms with van der Waals surface area (Å²) in [6.07, 6.45) is -1.33. The fraction of sp³-hybridized carbons (Fsp3) is 0.660. The molecule has 1 unspecified atom stereocenters. The molecule has 20 nitrogen and oxygen atoms in total. The van der Waals surface area contributed by atoms with Crippen LogP contribution in [0.4, 0.5) is 14.4 Å². The second-order valence-electron chi connectivity index (χ2n) is 18.8. The lowest BCUT2D eigenvalue weighted by atomic mass is 9.87. The quantitative estimate of drug-likeness (QED) is 0.0598. The summed E-state index contributed by atoms with van der Waals surface area (Å²) in [5.74, 6) is -5.31. The van der Waals surface area contributed by atoms with Crippen molar-refractivity contribution in [2.75, 3.05) is 46.9 Å². The number of likely N-dealkylation sites (tertiary alicyclic amines) is 1. The average molecular weight is 944 g/mol. The second kappa shape index (κ2) is 27.7. The first-order valence-electron chi connectivity index (χ1n) is 22.9. The number of nitrogens with zero attached hydrogens (tertiary/aromatic N) is 3. The minimum absolute atomic E-state index is 0.0145. The van der Waals surface area contributed by atoms with Gasteiger partial charge in [-0.1, -0.05) is 52.0 Å². The number of ether oxygens (including phenoxy) is 2. The Morgan fingerprint density at radius 1 is 0.836 bits per heavy atom. The number of urea groups is 1. The van der Waals surface area contributed by atoms with E-state index in [9.17, 15) is 53.1 Å². The van der Waals surface area contributed by atoms with E-state index in [-0.39, 0.29) is 114 Å². The summed E-state index contributed by atoms with van der Waals surface area (Å²) in [5.41, 5.74) is 5.81. The third kappa shape index (κ3) is 20.6. The van der Waals surface area contributed by atoms with Crippen molar-refractivity contribution in [3.8, 4) is 0 Å². The van der Waals surface area contributed by atoms with E-state index in [1.807, 2.05) is 0 Å². The van der Waals surface area contributed by atoms with Gasteiger partial charge in [0.15, 0.2) is 11.6 Å². The molecule has 1 aliphatic heterocycles. The van der Waals surface area contributed by atoms with Crippen molar-refractivity contribution < 1.29 is 62.5 Å². The molecule has 1 aliphatic rings. The summed E-state index contributed by atoms with van der Waals surface area (Å²) in [5, 5.41) is 17.1. The van der Waals surface area contributed by atoms with Gasteiger partial charge in [-0.2, -0.15) is 0 Å². The number of imide groups is 1. The number of aliphatic hydroxyl groups excluding tert-OH is 1. The lowest BCUT2D eigenvalue weighted by Gasteiger charge is -2.26. The van der Waals surface area contributed by atoms with E-state index in [4.69, 9.17) is 15.2 Å². The minimum atomic E-state index is -1.15. The minimum Gasteiger partial charge on any atom is -0.445 e. The number of nitrogens with two attached hydrogens (primary N) is 1. The molecule has 4 atom stereocenters. The molecule has 1 saturated heterocycles. The van der Waals surface area contributed by atoms with Crippen LogP contribution < -0.4 is 21.7 Å². The molecule has 0 radical (unpaired) electrons. The third-order valence-corrected chi connectivity index (χ3v) is 11.2. The van der Waals surface area contributed by atoms with Gasteiger partial charge < -0.3 is 46.1 Å². The number of aliphatic hydroxyl groups is 1. The van der Waals surface area contributed by atoms with E-state index in [0.29, 0.717) is 11.1 Å². The molecule has 0 aliphatic carbocycles. The molecule has 1 fully saturated rings. The molecular weight excluding hydrogens is 871 g/mol. The van der Waals surface area contributed by atoms with Crippen LogP contribution in [0.5, 0.6) is 0 Å². The number of carbonyl (C=O) groups is 10. The van der Waals surface area contributed by atoms with Crippen LogP contribution in [-0.4, -0.2) is 144 Å². The van der Waals surface area contributed by atoms with Crippen molar-refractivity contribution in [2.24, 2.45) is 29.4 Å². The maximum absolute atomic E-state index is 13.8. The Morgan fingerprint density at radius 2 is 1.43 bits per heavy atom. The number of benzene rings is 1. The van der Waals surface area contributed by atoms with Gasteiger partial charge >= 0.3 is 18.2 Å². The molecule has 0 spiro atoms. The molecular formula is C47H73N7O13. The Labute approximate surface area is 393 Å². The van der Waals surface area contributed by atoms with Crippen LogP contribution in [0.25, 0.3) is 0 Å². The first-order valence-corrected chi connectivity index (χ1v) is 22.9. The van der Waals surface area contributed by atoms with Gasteiger partial charge in [0.05, 0.1) is 12.1 Å². The van der Waals surface area contributed by atoms with Gasteiger partial charge in [0.2, 0.25) is 23.6 Å². The van der Waals surface area contributed by atoms with Gasteiger partial charge in [-0.3, -0.25) is 38.5 Å². The lowest BCUT2D eigenvalue weighted by Crippen LogP contribution is -2.47. The molecule has 1 aromatic rings. The van der Waals surface area contributed by atoms with Gasteiger partial charge in [0.1, 0.15) is 24.5 Å². The van der Waals surface area contributed by atoms with E-state index in [1.54, 1.807) is 86.8 Å². The molecule has 0 bridgehead atoms. The van der Waals surface area contributed by atoms with Gasteiger partial charge in [0, 0.05) is 84.3 Å². The number of Topliss-reactive ketones (excluding diaryl/α,β-unsaturated/α-hetero) is 3. The molecule has 0 saturated carbocycles. The number of amides is 8. The molecule has 1 aromatic carbocycles. The highest BCUT2D eigenvalue weighted by molar-refractivity contribution is 6.06. The summed E-state index contributed by atoms with van der Waals surface area (Å²) < 4.78 is 10.8. The van der Waals surface area contributed by atoms with Crippen LogP contribution in [0.1, 0.15) is 111 Å². The topological polar surface area (TPSA) is 281 Å².